The number of carboxylic acid groups (broad SMARTS) is 1. The van der Waals surface area contributed by atoms with Gasteiger partial charge in [0.1, 0.15) is 12.0 Å². The van der Waals surface area contributed by atoms with Crippen molar-refractivity contribution in [1.82, 2.24) is 14.9 Å². The van der Waals surface area contributed by atoms with Crippen LogP contribution in [0.25, 0.3) is 0 Å². The van der Waals surface area contributed by atoms with Gasteiger partial charge < -0.3 is 10.0 Å². The van der Waals surface area contributed by atoms with Gasteiger partial charge in [0, 0.05) is 19.3 Å². The van der Waals surface area contributed by atoms with Gasteiger partial charge in [0.15, 0.2) is 0 Å². The lowest BCUT2D eigenvalue weighted by Gasteiger charge is -2.18. The van der Waals surface area contributed by atoms with Crippen molar-refractivity contribution < 1.29 is 27.9 Å². The molecular weight excluding hydrogens is 315 g/mol. The minimum atomic E-state index is -4.70. The summed E-state index contributed by atoms with van der Waals surface area (Å²) in [6.07, 6.45) is -2.54. The summed E-state index contributed by atoms with van der Waals surface area (Å²) in [4.78, 5) is 31.0. The smallest absolute Gasteiger partial charge is 0.394 e. The summed E-state index contributed by atoms with van der Waals surface area (Å²) in [6.45, 7) is -1.28. The number of alkyl halides is 3. The van der Waals surface area contributed by atoms with Crippen molar-refractivity contribution in [3.63, 3.8) is 0 Å². The van der Waals surface area contributed by atoms with Crippen LogP contribution >= 0.6 is 11.6 Å². The quantitative estimate of drug-likeness (QED) is 0.891. The summed E-state index contributed by atoms with van der Waals surface area (Å²) in [6, 6.07) is 0. The summed E-state index contributed by atoms with van der Waals surface area (Å²) in [5.41, 5.74) is -0.251. The Balaban J connectivity index is 2.25. The van der Waals surface area contributed by atoms with Gasteiger partial charge >= 0.3 is 12.1 Å². The summed E-state index contributed by atoms with van der Waals surface area (Å²) in [7, 11) is 0. The van der Waals surface area contributed by atoms with Gasteiger partial charge in [0.25, 0.3) is 5.91 Å². The lowest BCUT2D eigenvalue weighted by molar-refractivity contribution is -0.187. The molecule has 1 fully saturated rings. The zero-order valence-electron chi connectivity index (χ0n) is 10.3. The SMILES string of the molecule is O=C(O)[C@@H]1CN(C(=O)c2ncncc2Cl)C[C@H]1C(F)(F)F. The number of carbonyl (C=O) groups is 2. The molecule has 0 radical (unpaired) electrons. The predicted octanol–water partition coefficient (Wildman–Crippen LogP) is 1.47. The maximum absolute atomic E-state index is 12.8. The topological polar surface area (TPSA) is 83.4 Å². The second-order valence-electron chi connectivity index (χ2n) is 4.52. The molecule has 1 saturated heterocycles. The number of halogens is 4. The minimum absolute atomic E-state index is 0.107. The van der Waals surface area contributed by atoms with E-state index in [0.717, 1.165) is 17.4 Å². The molecule has 1 amide bonds. The molecule has 21 heavy (non-hydrogen) atoms. The average molecular weight is 324 g/mol. The van der Waals surface area contributed by atoms with Crippen molar-refractivity contribution in [2.45, 2.75) is 6.18 Å². The molecule has 1 aromatic heterocycles. The van der Waals surface area contributed by atoms with Gasteiger partial charge in [0.2, 0.25) is 0 Å². The zero-order chi connectivity index (χ0) is 15.8. The van der Waals surface area contributed by atoms with Crippen molar-refractivity contribution in [2.24, 2.45) is 11.8 Å². The number of hydrogen-bond acceptors (Lipinski definition) is 4. The molecule has 10 heteroatoms. The zero-order valence-corrected chi connectivity index (χ0v) is 11.1. The summed E-state index contributed by atoms with van der Waals surface area (Å²) in [5.74, 6) is -6.25. The van der Waals surface area contributed by atoms with Gasteiger partial charge in [-0.2, -0.15) is 13.2 Å². The van der Waals surface area contributed by atoms with E-state index in [1.54, 1.807) is 0 Å². The third kappa shape index (κ3) is 3.07. The third-order valence-corrected chi connectivity index (χ3v) is 3.49. The van der Waals surface area contributed by atoms with Crippen molar-refractivity contribution in [1.29, 1.82) is 0 Å². The van der Waals surface area contributed by atoms with Gasteiger partial charge in [-0.15, -0.1) is 0 Å². The molecule has 1 aliphatic heterocycles. The Hall–Kier alpha value is -1.90. The van der Waals surface area contributed by atoms with Crippen LogP contribution in [-0.4, -0.2) is 51.1 Å². The van der Waals surface area contributed by atoms with Gasteiger partial charge in [0.05, 0.1) is 16.9 Å². The van der Waals surface area contributed by atoms with Crippen LogP contribution in [0.4, 0.5) is 13.2 Å². The molecule has 0 saturated carbocycles. The largest absolute Gasteiger partial charge is 0.481 e. The highest BCUT2D eigenvalue weighted by molar-refractivity contribution is 6.33. The number of aliphatic carboxylic acids is 1. The van der Waals surface area contributed by atoms with E-state index >= 15 is 0 Å². The standard InChI is InChI=1S/C11H9ClF3N3O3/c12-7-1-16-4-17-8(7)9(19)18-2-5(10(20)21)6(3-18)11(13,14)15/h1,4-6H,2-3H2,(H,20,21)/t5-,6-/m1/s1. The molecular formula is C11H9ClF3N3O3. The van der Waals surface area contributed by atoms with Crippen LogP contribution in [0.2, 0.25) is 5.02 Å². The Morgan fingerprint density at radius 3 is 2.52 bits per heavy atom. The van der Waals surface area contributed by atoms with E-state index < -0.39 is 43.0 Å². The fourth-order valence-corrected chi connectivity index (χ4v) is 2.36. The number of amides is 1. The monoisotopic (exact) mass is 323 g/mol. The summed E-state index contributed by atoms with van der Waals surface area (Å²) < 4.78 is 38.5. The highest BCUT2D eigenvalue weighted by Gasteiger charge is 2.53. The second-order valence-corrected chi connectivity index (χ2v) is 4.93. The normalized spacial score (nSPS) is 22.4. The molecule has 0 aliphatic carbocycles. The van der Waals surface area contributed by atoms with Gasteiger partial charge in [-0.05, 0) is 0 Å². The van der Waals surface area contributed by atoms with Crippen LogP contribution in [0.15, 0.2) is 12.5 Å². The fourth-order valence-electron chi connectivity index (χ4n) is 2.17. The number of carbonyl (C=O) groups excluding carboxylic acids is 1. The van der Waals surface area contributed by atoms with Crippen LogP contribution in [0.3, 0.4) is 0 Å². The molecule has 1 N–H and O–H groups in total. The average Bonchev–Trinajstić information content (AvgIpc) is 2.83. The third-order valence-electron chi connectivity index (χ3n) is 3.21. The van der Waals surface area contributed by atoms with Crippen LogP contribution in [0, 0.1) is 11.8 Å². The van der Waals surface area contributed by atoms with E-state index in [-0.39, 0.29) is 10.7 Å². The van der Waals surface area contributed by atoms with Crippen molar-refractivity contribution >= 4 is 23.5 Å². The number of hydrogen-bond donors (Lipinski definition) is 1. The maximum Gasteiger partial charge on any atom is 0.394 e. The second kappa shape index (κ2) is 5.47. The molecule has 6 nitrogen and oxygen atoms in total. The highest BCUT2D eigenvalue weighted by atomic mass is 35.5. The van der Waals surface area contributed by atoms with E-state index in [9.17, 15) is 22.8 Å². The van der Waals surface area contributed by atoms with Crippen molar-refractivity contribution in [3.8, 4) is 0 Å². The lowest BCUT2D eigenvalue weighted by atomic mass is 9.96. The Morgan fingerprint density at radius 2 is 2.05 bits per heavy atom. The van der Waals surface area contributed by atoms with Crippen molar-refractivity contribution in [2.75, 3.05) is 13.1 Å². The van der Waals surface area contributed by atoms with Crippen LogP contribution < -0.4 is 0 Å². The number of aromatic nitrogens is 2. The molecule has 2 rings (SSSR count). The first kappa shape index (κ1) is 15.5. The van der Waals surface area contributed by atoms with Crippen LogP contribution in [-0.2, 0) is 4.79 Å². The van der Waals surface area contributed by atoms with E-state index in [2.05, 4.69) is 9.97 Å². The Labute approximate surface area is 121 Å². The summed E-state index contributed by atoms with van der Waals surface area (Å²) >= 11 is 5.71. The summed E-state index contributed by atoms with van der Waals surface area (Å²) in [5, 5.41) is 8.78. The fraction of sp³-hybridized carbons (Fsp3) is 0.455. The Kier molecular flexibility index (Phi) is 4.04. The molecule has 0 bridgehead atoms. The molecule has 0 unspecified atom stereocenters. The van der Waals surface area contributed by atoms with Gasteiger partial charge in [-0.25, -0.2) is 9.97 Å². The molecule has 1 aliphatic rings. The number of likely N-dealkylation sites (tertiary alicyclic amines) is 1. The Bertz CT molecular complexity index is 581. The van der Waals surface area contributed by atoms with E-state index in [1.165, 1.54) is 0 Å². The lowest BCUT2D eigenvalue weighted by Crippen LogP contribution is -2.34. The number of carboxylic acids is 1. The first-order valence-electron chi connectivity index (χ1n) is 5.76. The molecule has 2 atom stereocenters. The molecule has 1 aromatic rings. The molecule has 0 aromatic carbocycles. The van der Waals surface area contributed by atoms with Gasteiger partial charge in [-0.1, -0.05) is 11.6 Å². The number of rotatable bonds is 2. The first-order valence-corrected chi connectivity index (χ1v) is 6.14. The minimum Gasteiger partial charge on any atom is -0.481 e. The van der Waals surface area contributed by atoms with Gasteiger partial charge in [-0.3, -0.25) is 9.59 Å². The Morgan fingerprint density at radius 1 is 1.38 bits per heavy atom. The van der Waals surface area contributed by atoms with Crippen LogP contribution in [0.5, 0.6) is 0 Å². The molecule has 0 spiro atoms. The maximum atomic E-state index is 12.8. The van der Waals surface area contributed by atoms with E-state index in [0.29, 0.717) is 0 Å². The van der Waals surface area contributed by atoms with E-state index in [1.807, 2.05) is 0 Å². The van der Waals surface area contributed by atoms with Crippen molar-refractivity contribution in [3.05, 3.63) is 23.2 Å². The first-order chi connectivity index (χ1) is 9.71. The predicted molar refractivity (Wildman–Crippen MR) is 63.6 cm³/mol. The molecule has 2 heterocycles. The highest BCUT2D eigenvalue weighted by Crippen LogP contribution is 2.38. The number of nitrogens with zero attached hydrogens (tertiary/aromatic N) is 3. The molecule has 114 valence electrons. The van der Waals surface area contributed by atoms with E-state index in [4.69, 9.17) is 16.7 Å². The van der Waals surface area contributed by atoms with Crippen LogP contribution in [0.1, 0.15) is 10.5 Å².